The molecule has 0 aromatic carbocycles. The second-order valence-electron chi connectivity index (χ2n) is 18.7. The van der Waals surface area contributed by atoms with E-state index in [4.69, 9.17) is 56.5 Å². The number of halogens is 1. The van der Waals surface area contributed by atoms with Crippen LogP contribution in [-0.2, 0) is 60.3 Å². The number of carbonyl (C=O) groups excluding carboxylic acids is 3. The number of nitrogens with two attached hydrogens (primary N) is 2. The van der Waals surface area contributed by atoms with Crippen molar-refractivity contribution in [1.29, 1.82) is 0 Å². The van der Waals surface area contributed by atoms with Gasteiger partial charge in [0.25, 0.3) is 0 Å². The zero-order chi connectivity index (χ0) is 54.3. The van der Waals surface area contributed by atoms with Crippen molar-refractivity contribution in [3.8, 4) is 0 Å². The van der Waals surface area contributed by atoms with E-state index in [0.29, 0.717) is 42.0 Å². The number of aromatic nitrogens is 8. The van der Waals surface area contributed by atoms with Gasteiger partial charge in [0.2, 0.25) is 7.44 Å². The van der Waals surface area contributed by atoms with Crippen LogP contribution >= 0.6 is 26.6 Å². The summed E-state index contributed by atoms with van der Waals surface area (Å²) in [4.78, 5) is 77.9. The van der Waals surface area contributed by atoms with Crippen LogP contribution in [0.15, 0.2) is 25.3 Å². The van der Waals surface area contributed by atoms with Gasteiger partial charge in [-0.15, -0.1) is 11.6 Å². The minimum Gasteiger partial charge on any atom is -0.464 e. The summed E-state index contributed by atoms with van der Waals surface area (Å²) < 4.78 is 55.4. The smallest absolute Gasteiger partial charge is 0.350 e. The van der Waals surface area contributed by atoms with Crippen molar-refractivity contribution in [2.75, 3.05) is 44.0 Å². The molecule has 11 N–H and O–H groups in total. The maximum atomic E-state index is 14.4. The van der Waals surface area contributed by atoms with E-state index >= 15 is 0 Å². The average Bonchev–Trinajstić information content (AvgIpc) is 3.91. The van der Waals surface area contributed by atoms with E-state index in [1.165, 1.54) is 19.0 Å². The number of esters is 3. The second kappa shape index (κ2) is 31.5. The van der Waals surface area contributed by atoms with Crippen LogP contribution in [0.5, 0.6) is 0 Å². The molecule has 28 heteroatoms. The number of carbonyl (C=O) groups is 3. The molecular formula is C45H82ClN13O12P2. The van der Waals surface area contributed by atoms with Gasteiger partial charge in [0.1, 0.15) is 52.3 Å². The summed E-state index contributed by atoms with van der Waals surface area (Å²) in [5.41, 5.74) is 10.9. The highest BCUT2D eigenvalue weighted by Crippen LogP contribution is 2.42. The topological polar surface area (TPSA) is 370 Å². The van der Waals surface area contributed by atoms with Crippen molar-refractivity contribution >= 4 is 78.5 Å². The molecule has 0 fully saturated rings. The van der Waals surface area contributed by atoms with E-state index in [-0.39, 0.29) is 43.3 Å². The first-order valence-corrected chi connectivity index (χ1v) is 28.1. The number of unbranched alkanes of at least 4 members (excludes halogenated alkanes) is 6. The summed E-state index contributed by atoms with van der Waals surface area (Å²) in [7, 11) is -7.91. The Hall–Kier alpha value is -4.42. The number of anilines is 2. The van der Waals surface area contributed by atoms with Crippen LogP contribution in [0.4, 0.5) is 11.6 Å². The van der Waals surface area contributed by atoms with Gasteiger partial charge in [-0.1, -0.05) is 59.3 Å². The molecule has 0 aliphatic heterocycles. The lowest BCUT2D eigenvalue weighted by Crippen LogP contribution is -2.54. The van der Waals surface area contributed by atoms with Crippen LogP contribution < -0.4 is 27.8 Å². The number of hydrogen-bond donors (Lipinski definition) is 7. The van der Waals surface area contributed by atoms with Gasteiger partial charge < -0.3 is 60.2 Å². The molecule has 0 amide bonds. The number of imidazole rings is 2. The molecule has 4 rings (SSSR count). The molecule has 25 nitrogen and oxygen atoms in total. The first-order chi connectivity index (χ1) is 33.6. The lowest BCUT2D eigenvalue weighted by molar-refractivity contribution is -0.149. The zero-order valence-electron chi connectivity index (χ0n) is 44.5. The first kappa shape index (κ1) is 66.6. The molecule has 0 unspecified atom stereocenters. The Bertz CT molecular complexity index is 2350. The number of alkyl halides is 1. The molecule has 4 heterocycles. The van der Waals surface area contributed by atoms with E-state index in [0.717, 1.165) is 57.8 Å². The number of fused-ring (bicyclic) bond motifs is 2. The monoisotopic (exact) mass is 1090 g/mol. The summed E-state index contributed by atoms with van der Waals surface area (Å²) >= 11 is 5.72. The number of nitrogen functional groups attached to an aromatic ring is 2. The molecular weight excluding hydrogens is 1010 g/mol. The molecule has 73 heavy (non-hydrogen) atoms. The predicted molar refractivity (Wildman–Crippen MR) is 281 cm³/mol. The number of hydrogen-bond acceptors (Lipinski definition) is 19. The maximum Gasteiger partial charge on any atom is 0.350 e. The molecule has 416 valence electrons. The molecule has 4 aromatic rings. The van der Waals surface area contributed by atoms with E-state index < -0.39 is 61.5 Å². The first-order valence-electron chi connectivity index (χ1n) is 24.1. The summed E-state index contributed by atoms with van der Waals surface area (Å²) in [6.07, 6.45) is 12.5. The Labute approximate surface area is 434 Å². The second-order valence-corrected chi connectivity index (χ2v) is 23.5. The van der Waals surface area contributed by atoms with Crippen LogP contribution in [0.1, 0.15) is 134 Å². The third kappa shape index (κ3) is 24.2. The van der Waals surface area contributed by atoms with Gasteiger partial charge >= 0.3 is 25.5 Å². The number of ether oxygens (including phenoxy) is 5. The van der Waals surface area contributed by atoms with Gasteiger partial charge in [-0.3, -0.25) is 23.5 Å². The van der Waals surface area contributed by atoms with Gasteiger partial charge in [-0.05, 0) is 74.7 Å². The van der Waals surface area contributed by atoms with E-state index in [1.54, 1.807) is 70.9 Å². The Balaban J connectivity index is 0.000000680. The SMILES string of the molecule is CCCCCOC(=O)C(C)(C)Cl.CCCCCOC(=O)C(C)(C)NP(=O)(CO[C@H](C)Cn1cnc2c(N)ncnc21)NC(C)(C)C(=O)OCCCCC.C[C@H](Cn1cnc2c(N)ncnc21)OCP(=O)(O)O.N. The lowest BCUT2D eigenvalue weighted by atomic mass is 10.1. The number of nitrogens with zero attached hydrogens (tertiary/aromatic N) is 8. The van der Waals surface area contributed by atoms with Crippen LogP contribution in [0.2, 0.25) is 0 Å². The van der Waals surface area contributed by atoms with Crippen molar-refractivity contribution in [2.24, 2.45) is 0 Å². The molecule has 4 aromatic heterocycles. The summed E-state index contributed by atoms with van der Waals surface area (Å²) in [5.74, 6) is -0.878. The third-order valence-electron chi connectivity index (χ3n) is 10.2. The fraction of sp³-hybridized carbons (Fsp3) is 0.711. The van der Waals surface area contributed by atoms with Gasteiger partial charge in [-0.2, -0.15) is 0 Å². The van der Waals surface area contributed by atoms with Gasteiger partial charge in [0.05, 0.1) is 57.8 Å². The quantitative estimate of drug-likeness (QED) is 0.00944. The van der Waals surface area contributed by atoms with Crippen molar-refractivity contribution in [3.05, 3.63) is 25.3 Å². The summed E-state index contributed by atoms with van der Waals surface area (Å²) in [6.45, 7) is 21.1. The van der Waals surface area contributed by atoms with Gasteiger partial charge in [-0.25, -0.2) is 40.1 Å². The van der Waals surface area contributed by atoms with Crippen molar-refractivity contribution < 1.29 is 57.0 Å². The molecule has 0 saturated heterocycles. The highest BCUT2D eigenvalue weighted by molar-refractivity contribution is 7.59. The normalized spacial score (nSPS) is 13.0. The molecule has 2 atom stereocenters. The number of nitrogens with one attached hydrogen (secondary N) is 2. The number of rotatable bonds is 29. The molecule has 0 bridgehead atoms. The fourth-order valence-electron chi connectivity index (χ4n) is 6.35. The fourth-order valence-corrected chi connectivity index (χ4v) is 9.49. The van der Waals surface area contributed by atoms with Crippen LogP contribution in [0, 0.1) is 0 Å². The molecule has 0 aliphatic rings. The van der Waals surface area contributed by atoms with E-state index in [9.17, 15) is 23.5 Å². The van der Waals surface area contributed by atoms with E-state index in [2.05, 4.69) is 60.8 Å². The van der Waals surface area contributed by atoms with E-state index in [1.807, 2.05) is 0 Å². The Morgan fingerprint density at radius 2 is 0.986 bits per heavy atom. The van der Waals surface area contributed by atoms with Crippen LogP contribution in [-0.4, -0.2) is 127 Å². The third-order valence-corrected chi connectivity index (χ3v) is 13.2. The highest BCUT2D eigenvalue weighted by atomic mass is 35.5. The summed E-state index contributed by atoms with van der Waals surface area (Å²) in [6, 6.07) is 0. The largest absolute Gasteiger partial charge is 0.464 e. The Morgan fingerprint density at radius 3 is 1.33 bits per heavy atom. The average molecular weight is 1090 g/mol. The molecule has 0 radical (unpaired) electrons. The minimum absolute atomic E-state index is 0. The highest BCUT2D eigenvalue weighted by Gasteiger charge is 2.43. The van der Waals surface area contributed by atoms with Gasteiger partial charge in [0, 0.05) is 0 Å². The zero-order valence-corrected chi connectivity index (χ0v) is 47.0. The standard InChI is InChI=1S/C27H48N7O6P.C9H17ClO2.C9H14N5O4P.H3N/c1-8-10-12-14-38-24(35)26(4,5)32-41(37,33-27(6,7)25(36)39-15-13-11-9-2)19-40-20(3)16-34-18-31-21-22(28)29-17-30-23(21)34;1-4-5-6-7-12-8(11)9(2,3)10;1-6(18-5-19(15,16)17)2-14-4-13-7-8(10)11-3-12-9(7)14;/h17-18,20H,8-16,19H2,1-7H3,(H2,28,29,30)(H2,32,33,37);4-7H2,1-3H3;3-4,6H,2,5H2,1H3,(H2,10,11,12)(H2,15,16,17);1H3/t20-;;6-;/m1.1./s1. The van der Waals surface area contributed by atoms with Crippen LogP contribution in [0.25, 0.3) is 22.3 Å². The molecule has 0 aliphatic carbocycles. The Kier molecular flexibility index (Phi) is 28.7. The minimum atomic E-state index is -4.16. The van der Waals surface area contributed by atoms with Crippen LogP contribution in [0.3, 0.4) is 0 Å². The van der Waals surface area contributed by atoms with Crippen molar-refractivity contribution in [2.45, 2.75) is 175 Å². The molecule has 0 spiro atoms. The predicted octanol–water partition coefficient (Wildman–Crippen LogP) is 7.02. The van der Waals surface area contributed by atoms with Crippen molar-refractivity contribution in [3.63, 3.8) is 0 Å². The maximum absolute atomic E-state index is 14.4. The lowest BCUT2D eigenvalue weighted by Gasteiger charge is -2.35. The molecule has 0 saturated carbocycles. The van der Waals surface area contributed by atoms with Crippen molar-refractivity contribution in [1.82, 2.24) is 55.4 Å². The van der Waals surface area contributed by atoms with Gasteiger partial charge in [0.15, 0.2) is 22.9 Å². The Morgan fingerprint density at radius 1 is 0.630 bits per heavy atom. The summed E-state index contributed by atoms with van der Waals surface area (Å²) in [5, 5.41) is 5.86.